The number of nitrogens with zero attached hydrogens (tertiary/aromatic N) is 3. The summed E-state index contributed by atoms with van der Waals surface area (Å²) in [6, 6.07) is 74.3. The predicted octanol–water partition coefficient (Wildman–Crippen LogP) is 14.2. The van der Waals surface area contributed by atoms with Crippen molar-refractivity contribution >= 4 is 22.7 Å². The zero-order valence-electron chi connectivity index (χ0n) is 32.5. The van der Waals surface area contributed by atoms with Gasteiger partial charge in [-0.3, -0.25) is 4.98 Å². The number of aromatic nitrogens is 3. The molecule has 0 fully saturated rings. The Morgan fingerprint density at radius 2 is 0.883 bits per heavy atom. The van der Waals surface area contributed by atoms with E-state index < -0.39 is 5.41 Å². The molecule has 0 saturated carbocycles. The molecule has 0 amide bonds. The smallest absolute Gasteiger partial charge is 0.160 e. The lowest BCUT2D eigenvalue weighted by atomic mass is 9.67. The fourth-order valence-electron chi connectivity index (χ4n) is 9.67. The van der Waals surface area contributed by atoms with Crippen LogP contribution in [0.1, 0.15) is 22.3 Å². The molecule has 3 nitrogen and oxygen atoms in total. The minimum atomic E-state index is -0.554. The van der Waals surface area contributed by atoms with Crippen LogP contribution < -0.4 is 0 Å². The molecule has 12 rings (SSSR count). The molecule has 1 spiro atoms. The Hall–Kier alpha value is -7.40. The Labute approximate surface area is 353 Å². The van der Waals surface area contributed by atoms with E-state index in [4.69, 9.17) is 15.0 Å². The highest BCUT2D eigenvalue weighted by molar-refractivity contribution is 7.99. The minimum Gasteiger partial charge on any atom is -0.256 e. The van der Waals surface area contributed by atoms with Crippen LogP contribution in [-0.4, -0.2) is 15.0 Å². The van der Waals surface area contributed by atoms with Crippen LogP contribution in [0.4, 0.5) is 0 Å². The summed E-state index contributed by atoms with van der Waals surface area (Å²) in [6.45, 7) is 0. The normalized spacial score (nSPS) is 13.1. The molecule has 0 unspecified atom stereocenters. The second-order valence-electron chi connectivity index (χ2n) is 15.5. The lowest BCUT2D eigenvalue weighted by Gasteiger charge is -2.39. The Morgan fingerprint density at radius 1 is 0.367 bits per heavy atom. The lowest BCUT2D eigenvalue weighted by Crippen LogP contribution is -2.31. The topological polar surface area (TPSA) is 38.7 Å². The van der Waals surface area contributed by atoms with Gasteiger partial charge >= 0.3 is 0 Å². The van der Waals surface area contributed by atoms with Crippen molar-refractivity contribution in [2.45, 2.75) is 15.2 Å². The van der Waals surface area contributed by atoms with E-state index in [2.05, 4.69) is 194 Å². The molecule has 0 atom stereocenters. The SMILES string of the molecule is c1ccc(-c2cc(-c3cccc4c3-c3c(-c5ccc(-c6cccc7cccnc67)cc5)cccc3C43c4ccccc4Sc4ccccc43)nc(-c3ccccc3)n2)cc1. The van der Waals surface area contributed by atoms with E-state index in [-0.39, 0.29) is 0 Å². The van der Waals surface area contributed by atoms with Crippen LogP contribution in [0.3, 0.4) is 0 Å². The van der Waals surface area contributed by atoms with Gasteiger partial charge in [-0.2, -0.15) is 0 Å². The monoisotopic (exact) mass is 781 g/mol. The first-order valence-corrected chi connectivity index (χ1v) is 21.2. The molecule has 2 aliphatic rings. The number of benzene rings is 8. The summed E-state index contributed by atoms with van der Waals surface area (Å²) >= 11 is 1.87. The molecule has 0 saturated heterocycles. The van der Waals surface area contributed by atoms with E-state index in [1.165, 1.54) is 48.7 Å². The summed E-state index contributed by atoms with van der Waals surface area (Å²) < 4.78 is 0. The maximum Gasteiger partial charge on any atom is 0.160 e. The maximum atomic E-state index is 5.42. The van der Waals surface area contributed by atoms with Crippen LogP contribution in [0.15, 0.2) is 222 Å². The van der Waals surface area contributed by atoms with E-state index in [1.807, 2.05) is 30.1 Å². The van der Waals surface area contributed by atoms with Gasteiger partial charge in [-0.05, 0) is 74.3 Å². The largest absolute Gasteiger partial charge is 0.256 e. The first-order valence-electron chi connectivity index (χ1n) is 20.3. The number of pyridine rings is 1. The van der Waals surface area contributed by atoms with E-state index in [0.717, 1.165) is 55.7 Å². The molecule has 4 heteroatoms. The average molecular weight is 782 g/mol. The summed E-state index contributed by atoms with van der Waals surface area (Å²) in [7, 11) is 0. The highest BCUT2D eigenvalue weighted by Crippen LogP contribution is 2.64. The van der Waals surface area contributed by atoms with Crippen molar-refractivity contribution in [1.82, 2.24) is 15.0 Å². The van der Waals surface area contributed by atoms with Crippen molar-refractivity contribution in [3.8, 4) is 67.3 Å². The van der Waals surface area contributed by atoms with Gasteiger partial charge in [-0.1, -0.05) is 194 Å². The van der Waals surface area contributed by atoms with Crippen molar-refractivity contribution < 1.29 is 0 Å². The fourth-order valence-corrected chi connectivity index (χ4v) is 10.9. The van der Waals surface area contributed by atoms with Crippen LogP contribution in [-0.2, 0) is 5.41 Å². The Kier molecular flexibility index (Phi) is 8.00. The summed E-state index contributed by atoms with van der Waals surface area (Å²) in [5.41, 5.74) is 17.6. The number of hydrogen-bond donors (Lipinski definition) is 0. The molecule has 0 bridgehead atoms. The number of rotatable bonds is 5. The summed E-state index contributed by atoms with van der Waals surface area (Å²) in [4.78, 5) is 17.9. The van der Waals surface area contributed by atoms with Crippen LogP contribution in [0.5, 0.6) is 0 Å². The molecule has 0 N–H and O–H groups in total. The van der Waals surface area contributed by atoms with Gasteiger partial charge in [0.25, 0.3) is 0 Å². The van der Waals surface area contributed by atoms with Crippen molar-refractivity contribution in [2.24, 2.45) is 0 Å². The molecular formula is C56H35N3S. The third-order valence-electron chi connectivity index (χ3n) is 12.2. The van der Waals surface area contributed by atoms with Gasteiger partial charge in [0.15, 0.2) is 5.82 Å². The summed E-state index contributed by atoms with van der Waals surface area (Å²) in [5, 5.41) is 1.14. The molecule has 10 aromatic rings. The molecule has 60 heavy (non-hydrogen) atoms. The molecule has 280 valence electrons. The van der Waals surface area contributed by atoms with E-state index in [1.54, 1.807) is 0 Å². The Bertz CT molecular complexity index is 3180. The second kappa shape index (κ2) is 13.9. The van der Waals surface area contributed by atoms with Gasteiger partial charge in [-0.15, -0.1) is 0 Å². The standard InChI is InChI=1S/C56H35N3S/c1-3-15-38(16-4-1)48-35-49(59-55(58-48)40-17-5-2-6-18-40)43-23-13-27-47-53(43)52-41(36-30-32-37(33-31-36)42-22-11-19-39-20-14-34-57-54(39)42)21-12-26-46(52)56(47)44-24-7-9-28-50(44)60-51-29-10-8-25-45(51)56/h1-35H. The Balaban J connectivity index is 1.15. The zero-order chi connectivity index (χ0) is 39.6. The van der Waals surface area contributed by atoms with Crippen molar-refractivity contribution in [3.05, 3.63) is 235 Å². The van der Waals surface area contributed by atoms with Gasteiger partial charge in [0.2, 0.25) is 0 Å². The first kappa shape index (κ1) is 34.6. The second-order valence-corrected chi connectivity index (χ2v) is 16.5. The van der Waals surface area contributed by atoms with Gasteiger partial charge in [0.05, 0.1) is 22.3 Å². The van der Waals surface area contributed by atoms with Crippen LogP contribution >= 0.6 is 11.8 Å². The van der Waals surface area contributed by atoms with Crippen LogP contribution in [0, 0.1) is 0 Å². The lowest BCUT2D eigenvalue weighted by molar-refractivity contribution is 0.722. The molecule has 8 aromatic carbocycles. The van der Waals surface area contributed by atoms with Crippen molar-refractivity contribution in [2.75, 3.05) is 0 Å². The molecule has 1 aliphatic carbocycles. The van der Waals surface area contributed by atoms with Crippen LogP contribution in [0.2, 0.25) is 0 Å². The molecular weight excluding hydrogens is 747 g/mol. The number of para-hydroxylation sites is 1. The highest BCUT2D eigenvalue weighted by atomic mass is 32.2. The fraction of sp³-hybridized carbons (Fsp3) is 0.0179. The zero-order valence-corrected chi connectivity index (χ0v) is 33.3. The van der Waals surface area contributed by atoms with Gasteiger partial charge in [-0.25, -0.2) is 9.97 Å². The minimum absolute atomic E-state index is 0.554. The molecule has 2 aromatic heterocycles. The Morgan fingerprint density at radius 3 is 1.58 bits per heavy atom. The van der Waals surface area contributed by atoms with E-state index in [0.29, 0.717) is 5.82 Å². The highest BCUT2D eigenvalue weighted by Gasteiger charge is 2.51. The van der Waals surface area contributed by atoms with E-state index >= 15 is 0 Å². The average Bonchev–Trinajstić information content (AvgIpc) is 3.63. The van der Waals surface area contributed by atoms with Gasteiger partial charge in [0.1, 0.15) is 0 Å². The number of fused-ring (bicyclic) bond motifs is 10. The van der Waals surface area contributed by atoms with Crippen molar-refractivity contribution in [1.29, 1.82) is 0 Å². The predicted molar refractivity (Wildman–Crippen MR) is 246 cm³/mol. The summed E-state index contributed by atoms with van der Waals surface area (Å²) in [6.07, 6.45) is 1.88. The molecule has 0 radical (unpaired) electrons. The quantitative estimate of drug-likeness (QED) is 0.174. The first-order chi connectivity index (χ1) is 29.8. The van der Waals surface area contributed by atoms with Crippen LogP contribution in [0.25, 0.3) is 78.2 Å². The molecule has 3 heterocycles. The third-order valence-corrected chi connectivity index (χ3v) is 13.4. The van der Waals surface area contributed by atoms with Gasteiger partial charge < -0.3 is 0 Å². The van der Waals surface area contributed by atoms with E-state index in [9.17, 15) is 0 Å². The number of hydrogen-bond acceptors (Lipinski definition) is 4. The molecule has 1 aliphatic heterocycles. The summed E-state index contributed by atoms with van der Waals surface area (Å²) in [5.74, 6) is 0.703. The maximum absolute atomic E-state index is 5.42. The van der Waals surface area contributed by atoms with Gasteiger partial charge in [0, 0.05) is 43.6 Å². The third kappa shape index (κ3) is 5.28. The van der Waals surface area contributed by atoms with Crippen molar-refractivity contribution in [3.63, 3.8) is 0 Å².